The molecule has 0 radical (unpaired) electrons. The molecule has 28 heavy (non-hydrogen) atoms. The van der Waals surface area contributed by atoms with Crippen molar-refractivity contribution in [3.63, 3.8) is 0 Å². The highest BCUT2D eigenvalue weighted by Gasteiger charge is 2.30. The monoisotopic (exact) mass is 387 g/mol. The number of aliphatic carboxylic acids is 1. The fraction of sp³-hybridized carbons (Fsp3) is 0.636. The Balaban J connectivity index is 1.61. The van der Waals surface area contributed by atoms with E-state index in [1.54, 1.807) is 0 Å². The van der Waals surface area contributed by atoms with Crippen LogP contribution < -0.4 is 5.32 Å². The van der Waals surface area contributed by atoms with Crippen molar-refractivity contribution in [2.24, 2.45) is 5.92 Å². The summed E-state index contributed by atoms with van der Waals surface area (Å²) in [6.07, 6.45) is 7.47. The first-order valence-electron chi connectivity index (χ1n) is 10.6. The molecule has 0 spiro atoms. The van der Waals surface area contributed by atoms with Crippen LogP contribution in [0.25, 0.3) is 0 Å². The molecule has 1 aliphatic carbocycles. The van der Waals surface area contributed by atoms with Gasteiger partial charge in [-0.3, -0.25) is 9.69 Å². The quantitative estimate of drug-likeness (QED) is 0.784. The van der Waals surface area contributed by atoms with E-state index in [1.165, 1.54) is 31.2 Å². The molecule has 1 heterocycles. The second kappa shape index (κ2) is 9.92. The molecular formula is C22H33N3O3. The van der Waals surface area contributed by atoms with E-state index in [2.05, 4.69) is 17.4 Å². The Morgan fingerprint density at radius 3 is 2.50 bits per heavy atom. The van der Waals surface area contributed by atoms with Gasteiger partial charge in [-0.05, 0) is 50.6 Å². The SMILES string of the molecule is CN(CC(=O)O)C1CCCN(C(=O)NC(c2ccccc2)C2CCCC2)CC1. The fourth-order valence-corrected chi connectivity index (χ4v) is 4.71. The standard InChI is InChI=1S/C22H33N3O3/c1-24(16-20(26)27)19-12-7-14-25(15-13-19)22(28)23-21(18-10-5-6-11-18)17-8-3-2-4-9-17/h2-4,8-9,18-19,21H,5-7,10-16H2,1H3,(H,23,28)(H,26,27). The summed E-state index contributed by atoms with van der Waals surface area (Å²) in [5.74, 6) is -0.295. The van der Waals surface area contributed by atoms with E-state index in [0.29, 0.717) is 12.5 Å². The van der Waals surface area contributed by atoms with Gasteiger partial charge in [0.2, 0.25) is 0 Å². The second-order valence-electron chi connectivity index (χ2n) is 8.26. The highest BCUT2D eigenvalue weighted by molar-refractivity contribution is 5.75. The van der Waals surface area contributed by atoms with E-state index >= 15 is 0 Å². The first-order valence-corrected chi connectivity index (χ1v) is 10.6. The lowest BCUT2D eigenvalue weighted by atomic mass is 9.92. The minimum Gasteiger partial charge on any atom is -0.480 e. The van der Waals surface area contributed by atoms with Crippen molar-refractivity contribution < 1.29 is 14.7 Å². The van der Waals surface area contributed by atoms with Crippen molar-refractivity contribution in [3.8, 4) is 0 Å². The van der Waals surface area contributed by atoms with Gasteiger partial charge in [0, 0.05) is 19.1 Å². The molecular weight excluding hydrogens is 354 g/mol. The number of likely N-dealkylation sites (tertiary alicyclic amines) is 1. The number of rotatable bonds is 6. The Bertz CT molecular complexity index is 646. The van der Waals surface area contributed by atoms with Crippen LogP contribution in [0.2, 0.25) is 0 Å². The number of hydrogen-bond donors (Lipinski definition) is 2. The van der Waals surface area contributed by atoms with Crippen LogP contribution in [-0.2, 0) is 4.79 Å². The van der Waals surface area contributed by atoms with E-state index in [-0.39, 0.29) is 24.7 Å². The largest absolute Gasteiger partial charge is 0.480 e. The van der Waals surface area contributed by atoms with Crippen LogP contribution in [0.15, 0.2) is 30.3 Å². The number of benzene rings is 1. The molecule has 2 fully saturated rings. The van der Waals surface area contributed by atoms with E-state index in [0.717, 1.165) is 25.8 Å². The third-order valence-electron chi connectivity index (χ3n) is 6.30. The molecule has 6 nitrogen and oxygen atoms in total. The lowest BCUT2D eigenvalue weighted by Crippen LogP contribution is -2.44. The molecule has 154 valence electrons. The molecule has 0 aromatic heterocycles. The molecule has 2 unspecified atom stereocenters. The molecule has 2 aliphatic rings. The zero-order chi connectivity index (χ0) is 19.9. The number of carboxylic acids is 1. The minimum atomic E-state index is -0.802. The summed E-state index contributed by atoms with van der Waals surface area (Å²) in [7, 11) is 1.86. The van der Waals surface area contributed by atoms with Gasteiger partial charge in [-0.15, -0.1) is 0 Å². The van der Waals surface area contributed by atoms with E-state index in [9.17, 15) is 9.59 Å². The number of nitrogens with zero attached hydrogens (tertiary/aromatic N) is 2. The first kappa shape index (κ1) is 20.6. The predicted octanol–water partition coefficient (Wildman–Crippen LogP) is 3.50. The Kier molecular flexibility index (Phi) is 7.31. The lowest BCUT2D eigenvalue weighted by molar-refractivity contribution is -0.138. The number of carbonyl (C=O) groups is 2. The van der Waals surface area contributed by atoms with Crippen molar-refractivity contribution in [1.29, 1.82) is 0 Å². The van der Waals surface area contributed by atoms with E-state index in [1.807, 2.05) is 35.0 Å². The minimum absolute atomic E-state index is 0.0160. The normalized spacial score (nSPS) is 22.1. The summed E-state index contributed by atoms with van der Waals surface area (Å²) in [6, 6.07) is 10.6. The smallest absolute Gasteiger partial charge is 0.317 e. The van der Waals surface area contributed by atoms with Crippen molar-refractivity contribution in [2.75, 3.05) is 26.7 Å². The number of urea groups is 1. The predicted molar refractivity (Wildman–Crippen MR) is 109 cm³/mol. The third kappa shape index (κ3) is 5.47. The maximum absolute atomic E-state index is 13.1. The van der Waals surface area contributed by atoms with Gasteiger partial charge in [0.1, 0.15) is 0 Å². The number of nitrogens with one attached hydrogen (secondary N) is 1. The van der Waals surface area contributed by atoms with Gasteiger partial charge < -0.3 is 15.3 Å². The van der Waals surface area contributed by atoms with Crippen LogP contribution in [0, 0.1) is 5.92 Å². The fourth-order valence-electron chi connectivity index (χ4n) is 4.71. The molecule has 3 rings (SSSR count). The first-order chi connectivity index (χ1) is 13.5. The van der Waals surface area contributed by atoms with Crippen LogP contribution >= 0.6 is 0 Å². The Morgan fingerprint density at radius 2 is 1.82 bits per heavy atom. The topological polar surface area (TPSA) is 72.9 Å². The van der Waals surface area contributed by atoms with Gasteiger partial charge in [-0.2, -0.15) is 0 Å². The number of amides is 2. The zero-order valence-electron chi connectivity index (χ0n) is 16.8. The number of likely N-dealkylation sites (N-methyl/N-ethyl adjacent to an activating group) is 1. The molecule has 2 N–H and O–H groups in total. The molecule has 1 aromatic rings. The third-order valence-corrected chi connectivity index (χ3v) is 6.30. The lowest BCUT2D eigenvalue weighted by Gasteiger charge is -2.29. The molecule has 2 amide bonds. The number of hydrogen-bond acceptors (Lipinski definition) is 3. The van der Waals surface area contributed by atoms with Crippen LogP contribution in [0.5, 0.6) is 0 Å². The summed E-state index contributed by atoms with van der Waals surface area (Å²) in [6.45, 7) is 1.46. The summed E-state index contributed by atoms with van der Waals surface area (Å²) in [5, 5.41) is 12.3. The molecule has 2 atom stereocenters. The molecule has 6 heteroatoms. The molecule has 1 saturated carbocycles. The maximum Gasteiger partial charge on any atom is 0.317 e. The van der Waals surface area contributed by atoms with E-state index < -0.39 is 5.97 Å². The highest BCUT2D eigenvalue weighted by Crippen LogP contribution is 2.35. The van der Waals surface area contributed by atoms with Crippen molar-refractivity contribution in [3.05, 3.63) is 35.9 Å². The van der Waals surface area contributed by atoms with Crippen LogP contribution in [0.3, 0.4) is 0 Å². The van der Waals surface area contributed by atoms with Crippen LogP contribution in [0.1, 0.15) is 56.6 Å². The van der Waals surface area contributed by atoms with Crippen molar-refractivity contribution >= 4 is 12.0 Å². The Hall–Kier alpha value is -2.08. The van der Waals surface area contributed by atoms with Gasteiger partial charge in [0.15, 0.2) is 0 Å². The molecule has 0 bridgehead atoms. The molecule has 1 saturated heterocycles. The van der Waals surface area contributed by atoms with Crippen LogP contribution in [-0.4, -0.2) is 59.6 Å². The summed E-state index contributed by atoms with van der Waals surface area (Å²) >= 11 is 0. The highest BCUT2D eigenvalue weighted by atomic mass is 16.4. The molecule has 1 aromatic carbocycles. The van der Waals surface area contributed by atoms with Gasteiger partial charge >= 0.3 is 12.0 Å². The maximum atomic E-state index is 13.1. The summed E-state index contributed by atoms with van der Waals surface area (Å²) in [4.78, 5) is 27.8. The second-order valence-corrected chi connectivity index (χ2v) is 8.26. The van der Waals surface area contributed by atoms with Gasteiger partial charge in [0.25, 0.3) is 0 Å². The van der Waals surface area contributed by atoms with Crippen molar-refractivity contribution in [1.82, 2.24) is 15.1 Å². The average Bonchev–Trinajstić information content (AvgIpc) is 3.09. The molecule has 1 aliphatic heterocycles. The Labute approximate surface area is 167 Å². The van der Waals surface area contributed by atoms with Gasteiger partial charge in [-0.25, -0.2) is 4.79 Å². The van der Waals surface area contributed by atoms with Crippen LogP contribution in [0.4, 0.5) is 4.79 Å². The average molecular weight is 388 g/mol. The van der Waals surface area contributed by atoms with Crippen molar-refractivity contribution in [2.45, 2.75) is 57.0 Å². The number of carboxylic acid groups (broad SMARTS) is 1. The Morgan fingerprint density at radius 1 is 1.11 bits per heavy atom. The zero-order valence-corrected chi connectivity index (χ0v) is 16.8. The summed E-state index contributed by atoms with van der Waals surface area (Å²) < 4.78 is 0. The summed E-state index contributed by atoms with van der Waals surface area (Å²) in [5.41, 5.74) is 1.19. The van der Waals surface area contributed by atoms with E-state index in [4.69, 9.17) is 5.11 Å². The van der Waals surface area contributed by atoms with Gasteiger partial charge in [0.05, 0.1) is 12.6 Å². The van der Waals surface area contributed by atoms with Gasteiger partial charge in [-0.1, -0.05) is 43.2 Å². The number of carbonyl (C=O) groups excluding carboxylic acids is 1.